The molecule has 2 aromatic carbocycles. The number of rotatable bonds is 10. The number of nitrogens with one attached hydrogen (secondary N) is 1. The summed E-state index contributed by atoms with van der Waals surface area (Å²) < 4.78 is 21.5. The van der Waals surface area contributed by atoms with Gasteiger partial charge in [0.25, 0.3) is 5.91 Å². The maximum absolute atomic E-state index is 12.9. The van der Waals surface area contributed by atoms with Gasteiger partial charge in [0.2, 0.25) is 6.29 Å². The third-order valence-corrected chi connectivity index (χ3v) is 5.02. The molecule has 0 aromatic heterocycles. The molecule has 1 heterocycles. The van der Waals surface area contributed by atoms with Crippen molar-refractivity contribution in [3.05, 3.63) is 71.5 Å². The Kier molecular flexibility index (Phi) is 8.82. The van der Waals surface area contributed by atoms with Gasteiger partial charge in [-0.05, 0) is 35.9 Å². The molecule has 2 aromatic rings. The highest BCUT2D eigenvalue weighted by molar-refractivity contribution is 6.04. The van der Waals surface area contributed by atoms with Crippen molar-refractivity contribution < 1.29 is 33.6 Å². The number of anilines is 2. The molecule has 0 spiro atoms. The third-order valence-electron chi connectivity index (χ3n) is 5.02. The van der Waals surface area contributed by atoms with Crippen LogP contribution in [0.4, 0.5) is 11.4 Å². The van der Waals surface area contributed by atoms with E-state index in [2.05, 4.69) is 5.32 Å². The fourth-order valence-electron chi connectivity index (χ4n) is 3.33. The lowest BCUT2D eigenvalue weighted by atomic mass is 9.92. The number of amides is 1. The van der Waals surface area contributed by atoms with Gasteiger partial charge in [0.05, 0.1) is 50.5 Å². The van der Waals surface area contributed by atoms with Crippen LogP contribution in [0.1, 0.15) is 28.3 Å². The van der Waals surface area contributed by atoms with E-state index in [-0.39, 0.29) is 38.1 Å². The number of nitrogens with two attached hydrogens (primary N) is 1. The van der Waals surface area contributed by atoms with E-state index in [9.17, 15) is 9.59 Å². The molecular formula is C24H28N2O7. The summed E-state index contributed by atoms with van der Waals surface area (Å²) >= 11 is 0. The van der Waals surface area contributed by atoms with Crippen molar-refractivity contribution >= 4 is 23.3 Å². The lowest BCUT2D eigenvalue weighted by Gasteiger charge is -2.29. The van der Waals surface area contributed by atoms with Crippen LogP contribution in [-0.4, -0.2) is 56.8 Å². The maximum atomic E-state index is 12.9. The molecule has 9 heteroatoms. The molecular weight excluding hydrogens is 428 g/mol. The van der Waals surface area contributed by atoms with Gasteiger partial charge in [-0.25, -0.2) is 4.79 Å². The van der Waals surface area contributed by atoms with E-state index in [4.69, 9.17) is 29.8 Å². The predicted molar refractivity (Wildman–Crippen MR) is 121 cm³/mol. The van der Waals surface area contributed by atoms with Crippen molar-refractivity contribution in [3.63, 3.8) is 0 Å². The van der Waals surface area contributed by atoms with Gasteiger partial charge < -0.3 is 35.1 Å². The minimum atomic E-state index is -0.688. The summed E-state index contributed by atoms with van der Waals surface area (Å²) in [6, 6.07) is 13.9. The number of hydrogen-bond donors (Lipinski definition) is 3. The first-order chi connectivity index (χ1) is 16.0. The average Bonchev–Trinajstić information content (AvgIpc) is 2.84. The van der Waals surface area contributed by atoms with Gasteiger partial charge >= 0.3 is 5.97 Å². The number of para-hydroxylation sites is 2. The quantitative estimate of drug-likeness (QED) is 0.282. The van der Waals surface area contributed by atoms with Crippen molar-refractivity contribution in [2.24, 2.45) is 0 Å². The molecule has 0 saturated heterocycles. The van der Waals surface area contributed by atoms with Crippen LogP contribution in [0.25, 0.3) is 0 Å². The van der Waals surface area contributed by atoms with Crippen molar-refractivity contribution in [1.82, 2.24) is 0 Å². The fraction of sp³-hybridized carbons (Fsp3) is 0.333. The van der Waals surface area contributed by atoms with Gasteiger partial charge in [0.15, 0.2) is 5.76 Å². The van der Waals surface area contributed by atoms with Crippen LogP contribution in [0.3, 0.4) is 0 Å². The van der Waals surface area contributed by atoms with Crippen molar-refractivity contribution in [3.8, 4) is 0 Å². The highest BCUT2D eigenvalue weighted by Crippen LogP contribution is 2.32. The monoisotopic (exact) mass is 456 g/mol. The van der Waals surface area contributed by atoms with Gasteiger partial charge in [-0.2, -0.15) is 0 Å². The number of benzene rings is 2. The average molecular weight is 456 g/mol. The number of ether oxygens (including phenoxy) is 4. The Morgan fingerprint density at radius 3 is 2.58 bits per heavy atom. The number of carbonyl (C=O) groups excluding carboxylic acids is 2. The van der Waals surface area contributed by atoms with Crippen LogP contribution >= 0.6 is 0 Å². The third kappa shape index (κ3) is 6.79. The van der Waals surface area contributed by atoms with E-state index in [1.807, 2.05) is 12.1 Å². The second kappa shape index (κ2) is 12.0. The molecule has 0 aliphatic carbocycles. The minimum Gasteiger partial charge on any atom is -0.465 e. The summed E-state index contributed by atoms with van der Waals surface area (Å²) in [5.41, 5.74) is 8.17. The molecule has 9 nitrogen and oxygen atoms in total. The van der Waals surface area contributed by atoms with Crippen molar-refractivity contribution in [2.75, 3.05) is 44.6 Å². The molecule has 3 rings (SSSR count). The molecule has 176 valence electrons. The molecule has 2 atom stereocenters. The Hall–Kier alpha value is -3.40. The summed E-state index contributed by atoms with van der Waals surface area (Å²) in [7, 11) is 1.33. The van der Waals surface area contributed by atoms with E-state index < -0.39 is 18.2 Å². The maximum Gasteiger partial charge on any atom is 0.337 e. The van der Waals surface area contributed by atoms with Gasteiger partial charge in [-0.1, -0.05) is 24.3 Å². The number of nitrogen functional groups attached to an aromatic ring is 1. The van der Waals surface area contributed by atoms with Crippen LogP contribution in [0.2, 0.25) is 0 Å². The lowest BCUT2D eigenvalue weighted by molar-refractivity contribution is -0.148. The summed E-state index contributed by atoms with van der Waals surface area (Å²) in [5.74, 6) is -0.960. The second-order valence-corrected chi connectivity index (χ2v) is 7.28. The molecule has 0 bridgehead atoms. The second-order valence-electron chi connectivity index (χ2n) is 7.28. The predicted octanol–water partition coefficient (Wildman–Crippen LogP) is 2.43. The first-order valence-electron chi connectivity index (χ1n) is 10.5. The molecule has 1 aliphatic rings. The summed E-state index contributed by atoms with van der Waals surface area (Å²) in [5, 5.41) is 11.6. The summed E-state index contributed by atoms with van der Waals surface area (Å²) in [6.07, 6.45) is 1.50. The highest BCUT2D eigenvalue weighted by atomic mass is 16.7. The Balaban J connectivity index is 1.76. The largest absolute Gasteiger partial charge is 0.465 e. The Morgan fingerprint density at radius 1 is 1.12 bits per heavy atom. The number of methoxy groups -OCH3 is 1. The number of aliphatic hydroxyl groups excluding tert-OH is 1. The molecule has 1 amide bonds. The highest BCUT2D eigenvalue weighted by Gasteiger charge is 2.29. The Labute approximate surface area is 192 Å². The molecule has 1 aliphatic heterocycles. The van der Waals surface area contributed by atoms with E-state index in [0.29, 0.717) is 23.4 Å². The van der Waals surface area contributed by atoms with E-state index in [1.165, 1.54) is 7.11 Å². The number of esters is 1. The zero-order valence-electron chi connectivity index (χ0n) is 18.4. The lowest BCUT2D eigenvalue weighted by Crippen LogP contribution is -2.30. The SMILES string of the molecule is COC(=O)c1ccc([C@@H]2C=C(C(=O)Nc3ccccc3N)O[C@H](OCCOCCO)C2)cc1. The topological polar surface area (TPSA) is 129 Å². The van der Waals surface area contributed by atoms with Gasteiger partial charge in [-0.15, -0.1) is 0 Å². The molecule has 33 heavy (non-hydrogen) atoms. The number of allylic oxidation sites excluding steroid dienone is 1. The van der Waals surface area contributed by atoms with E-state index in [0.717, 1.165) is 5.56 Å². The van der Waals surface area contributed by atoms with Crippen LogP contribution in [0.5, 0.6) is 0 Å². The standard InChI is InChI=1S/C24H28N2O7/c1-30-24(29)17-8-6-16(7-9-17)18-14-21(23(28)26-20-5-3-2-4-19(20)25)33-22(15-18)32-13-12-31-11-10-27/h2-9,14,18,22,27H,10-13,15,25H2,1H3,(H,26,28)/t18-,22+/m1/s1. The van der Waals surface area contributed by atoms with E-state index in [1.54, 1.807) is 42.5 Å². The molecule has 0 saturated carbocycles. The van der Waals surface area contributed by atoms with Gasteiger partial charge in [-0.3, -0.25) is 4.79 Å². The minimum absolute atomic E-state index is 0.0702. The molecule has 0 unspecified atom stereocenters. The molecule has 0 fully saturated rings. The molecule has 0 radical (unpaired) electrons. The van der Waals surface area contributed by atoms with Gasteiger partial charge in [0.1, 0.15) is 0 Å². The van der Waals surface area contributed by atoms with Crippen LogP contribution in [0.15, 0.2) is 60.4 Å². The Morgan fingerprint density at radius 2 is 1.88 bits per heavy atom. The van der Waals surface area contributed by atoms with E-state index >= 15 is 0 Å². The van der Waals surface area contributed by atoms with Crippen LogP contribution < -0.4 is 11.1 Å². The van der Waals surface area contributed by atoms with Crippen molar-refractivity contribution in [2.45, 2.75) is 18.6 Å². The fourth-order valence-corrected chi connectivity index (χ4v) is 3.33. The zero-order valence-corrected chi connectivity index (χ0v) is 18.4. The number of hydrogen-bond acceptors (Lipinski definition) is 8. The van der Waals surface area contributed by atoms with Crippen molar-refractivity contribution in [1.29, 1.82) is 0 Å². The number of carbonyl (C=O) groups is 2. The summed E-state index contributed by atoms with van der Waals surface area (Å²) in [6.45, 7) is 0.666. The first-order valence-corrected chi connectivity index (χ1v) is 10.5. The smallest absolute Gasteiger partial charge is 0.337 e. The number of aliphatic hydroxyl groups is 1. The Bertz CT molecular complexity index is 975. The zero-order chi connectivity index (χ0) is 23.6. The normalized spacial score (nSPS) is 17.6. The van der Waals surface area contributed by atoms with Gasteiger partial charge in [0, 0.05) is 12.3 Å². The van der Waals surface area contributed by atoms with Crippen LogP contribution in [-0.2, 0) is 23.7 Å². The molecule has 4 N–H and O–H groups in total. The summed E-state index contributed by atoms with van der Waals surface area (Å²) in [4.78, 5) is 24.6. The first kappa shape index (κ1) is 24.2. The van der Waals surface area contributed by atoms with Crippen LogP contribution in [0, 0.1) is 0 Å².